The number of nitrogens with one attached hydrogen (secondary N) is 3. The molecule has 20 heavy (non-hydrogen) atoms. The number of nitrogens with two attached hydrogens (primary N) is 1. The Hall–Kier alpha value is -1.89. The summed E-state index contributed by atoms with van der Waals surface area (Å²) in [6, 6.07) is 0.196. The van der Waals surface area contributed by atoms with Gasteiger partial charge in [0, 0.05) is 31.0 Å². The molecule has 1 aliphatic heterocycles. The maximum Gasteiger partial charge on any atom is 0.220 e. The Balaban J connectivity index is 2.16. The van der Waals surface area contributed by atoms with Crippen molar-refractivity contribution in [3.05, 3.63) is 11.4 Å². The molecule has 0 aliphatic carbocycles. The molecule has 1 saturated heterocycles. The molecule has 2 rings (SSSR count). The van der Waals surface area contributed by atoms with Crippen LogP contribution in [0.3, 0.4) is 0 Å². The molecule has 1 atom stereocenters. The Morgan fingerprint density at radius 1 is 1.40 bits per heavy atom. The molecule has 0 spiro atoms. The number of aromatic nitrogens is 2. The van der Waals surface area contributed by atoms with Crippen LogP contribution in [-0.4, -0.2) is 28.5 Å². The third kappa shape index (κ3) is 3.36. The summed E-state index contributed by atoms with van der Waals surface area (Å²) in [5.41, 5.74) is 3.51. The van der Waals surface area contributed by atoms with Crippen LogP contribution in [0.5, 0.6) is 0 Å². The van der Waals surface area contributed by atoms with Crippen molar-refractivity contribution in [2.45, 2.75) is 45.6 Å². The zero-order valence-corrected chi connectivity index (χ0v) is 12.0. The van der Waals surface area contributed by atoms with Crippen LogP contribution in [0.25, 0.3) is 0 Å². The molecule has 0 bridgehead atoms. The number of hydrogen-bond donors (Lipinski definition) is 4. The van der Waals surface area contributed by atoms with Crippen LogP contribution >= 0.6 is 0 Å². The van der Waals surface area contributed by atoms with Gasteiger partial charge in [-0.3, -0.25) is 4.79 Å². The quantitative estimate of drug-likeness (QED) is 0.467. The average Bonchev–Trinajstić information content (AvgIpc) is 2.45. The van der Waals surface area contributed by atoms with Crippen molar-refractivity contribution in [1.29, 1.82) is 0 Å². The molecule has 5 N–H and O–H groups in total. The van der Waals surface area contributed by atoms with E-state index in [0.717, 1.165) is 36.5 Å². The third-order valence-corrected chi connectivity index (χ3v) is 3.41. The molecule has 1 aromatic heterocycles. The van der Waals surface area contributed by atoms with Crippen molar-refractivity contribution in [1.82, 2.24) is 15.3 Å². The van der Waals surface area contributed by atoms with Gasteiger partial charge < -0.3 is 16.1 Å². The Labute approximate surface area is 118 Å². The maximum atomic E-state index is 11.2. The first-order chi connectivity index (χ1) is 9.63. The molecule has 7 nitrogen and oxygen atoms in total. The van der Waals surface area contributed by atoms with Crippen molar-refractivity contribution >= 4 is 17.5 Å². The van der Waals surface area contributed by atoms with E-state index in [1.54, 1.807) is 0 Å². The molecular weight excluding hydrogens is 256 g/mol. The van der Waals surface area contributed by atoms with E-state index in [1.165, 1.54) is 0 Å². The highest BCUT2D eigenvalue weighted by Crippen LogP contribution is 2.21. The van der Waals surface area contributed by atoms with Crippen LogP contribution in [0, 0.1) is 6.92 Å². The van der Waals surface area contributed by atoms with Crippen molar-refractivity contribution in [3.8, 4) is 0 Å². The molecular formula is C13H22N6O. The maximum absolute atomic E-state index is 11.2. The zero-order chi connectivity index (χ0) is 14.5. The molecule has 7 heteroatoms. The van der Waals surface area contributed by atoms with Gasteiger partial charge in [0.05, 0.1) is 0 Å². The lowest BCUT2D eigenvalue weighted by atomic mass is 10.1. The minimum absolute atomic E-state index is 0.110. The number of aryl methyl sites for hydroxylation is 1. The summed E-state index contributed by atoms with van der Waals surface area (Å²) in [7, 11) is 0. The molecule has 1 unspecified atom stereocenters. The molecule has 1 fully saturated rings. The van der Waals surface area contributed by atoms with E-state index < -0.39 is 0 Å². The second-order valence-electron chi connectivity index (χ2n) is 5.04. The molecule has 0 aromatic carbocycles. The largest absolute Gasteiger partial charge is 0.365 e. The number of nitrogen functional groups attached to an aromatic ring is 1. The minimum Gasteiger partial charge on any atom is -0.365 e. The number of hydrogen-bond acceptors (Lipinski definition) is 6. The van der Waals surface area contributed by atoms with Gasteiger partial charge in [-0.2, -0.15) is 0 Å². The first-order valence-corrected chi connectivity index (χ1v) is 7.01. The van der Waals surface area contributed by atoms with Gasteiger partial charge >= 0.3 is 0 Å². The predicted octanol–water partition coefficient (Wildman–Crippen LogP) is 0.714. The smallest absolute Gasteiger partial charge is 0.220 e. The summed E-state index contributed by atoms with van der Waals surface area (Å²) in [5.74, 6) is 7.83. The normalized spacial score (nSPS) is 18.6. The highest BCUT2D eigenvalue weighted by molar-refractivity contribution is 5.77. The van der Waals surface area contributed by atoms with E-state index in [0.29, 0.717) is 18.8 Å². The van der Waals surface area contributed by atoms with E-state index in [2.05, 4.69) is 33.0 Å². The fourth-order valence-electron chi connectivity index (χ4n) is 2.23. The van der Waals surface area contributed by atoms with Gasteiger partial charge in [0.2, 0.25) is 5.91 Å². The van der Waals surface area contributed by atoms with Gasteiger partial charge in [-0.25, -0.2) is 15.8 Å². The fourth-order valence-corrected chi connectivity index (χ4v) is 2.23. The Morgan fingerprint density at radius 2 is 2.15 bits per heavy atom. The van der Waals surface area contributed by atoms with E-state index in [1.807, 2.05) is 6.92 Å². The van der Waals surface area contributed by atoms with Gasteiger partial charge in [-0.05, 0) is 19.8 Å². The molecule has 110 valence electrons. The van der Waals surface area contributed by atoms with E-state index in [9.17, 15) is 4.79 Å². The number of anilines is 2. The van der Waals surface area contributed by atoms with Crippen LogP contribution in [0.15, 0.2) is 0 Å². The number of carbonyl (C=O) groups excluding carboxylic acids is 1. The molecule has 0 saturated carbocycles. The highest BCUT2D eigenvalue weighted by Gasteiger charge is 2.20. The topological polar surface area (TPSA) is 105 Å². The number of piperidine rings is 1. The van der Waals surface area contributed by atoms with E-state index in [-0.39, 0.29) is 11.9 Å². The lowest BCUT2D eigenvalue weighted by Crippen LogP contribution is -2.42. The molecule has 1 aliphatic rings. The second kappa shape index (κ2) is 6.51. The first kappa shape index (κ1) is 14.5. The van der Waals surface area contributed by atoms with Gasteiger partial charge in [-0.15, -0.1) is 0 Å². The Morgan fingerprint density at radius 3 is 2.75 bits per heavy atom. The SMILES string of the molecule is CCCc1nc(NN)c(C)c(NC2CCC(=O)NC2)n1. The van der Waals surface area contributed by atoms with E-state index in [4.69, 9.17) is 5.84 Å². The number of hydrazine groups is 1. The molecule has 1 amide bonds. The van der Waals surface area contributed by atoms with Gasteiger partial charge in [0.25, 0.3) is 0 Å². The summed E-state index contributed by atoms with van der Waals surface area (Å²) < 4.78 is 0. The summed E-state index contributed by atoms with van der Waals surface area (Å²) in [4.78, 5) is 20.1. The number of carbonyl (C=O) groups is 1. The zero-order valence-electron chi connectivity index (χ0n) is 12.0. The van der Waals surface area contributed by atoms with Crippen molar-refractivity contribution in [2.75, 3.05) is 17.3 Å². The van der Waals surface area contributed by atoms with Gasteiger partial charge in [-0.1, -0.05) is 6.92 Å². The summed E-state index contributed by atoms with van der Waals surface area (Å²) >= 11 is 0. The van der Waals surface area contributed by atoms with E-state index >= 15 is 0 Å². The third-order valence-electron chi connectivity index (χ3n) is 3.41. The van der Waals surface area contributed by atoms with Crippen LogP contribution in [0.4, 0.5) is 11.6 Å². The fraction of sp³-hybridized carbons (Fsp3) is 0.615. The van der Waals surface area contributed by atoms with Crippen molar-refractivity contribution in [3.63, 3.8) is 0 Å². The molecule has 1 aromatic rings. The van der Waals surface area contributed by atoms with Gasteiger partial charge in [0.15, 0.2) is 0 Å². The Bertz CT molecular complexity index is 480. The predicted molar refractivity (Wildman–Crippen MR) is 78.2 cm³/mol. The average molecular weight is 278 g/mol. The first-order valence-electron chi connectivity index (χ1n) is 7.01. The number of rotatable bonds is 5. The summed E-state index contributed by atoms with van der Waals surface area (Å²) in [6.45, 7) is 4.63. The van der Waals surface area contributed by atoms with Crippen LogP contribution in [-0.2, 0) is 11.2 Å². The minimum atomic E-state index is 0.110. The number of amides is 1. The monoisotopic (exact) mass is 278 g/mol. The van der Waals surface area contributed by atoms with Gasteiger partial charge in [0.1, 0.15) is 17.5 Å². The second-order valence-corrected chi connectivity index (χ2v) is 5.04. The molecule has 0 radical (unpaired) electrons. The molecule has 2 heterocycles. The standard InChI is InChI=1S/C13H22N6O/c1-3-4-10-17-12(8(2)13(18-10)19-14)16-9-5-6-11(20)15-7-9/h9H,3-7,14H2,1-2H3,(H,15,20)(H2,16,17,18,19). The lowest BCUT2D eigenvalue weighted by molar-refractivity contribution is -0.122. The van der Waals surface area contributed by atoms with Crippen LogP contribution in [0.1, 0.15) is 37.6 Å². The lowest BCUT2D eigenvalue weighted by Gasteiger charge is -2.25. The Kier molecular flexibility index (Phi) is 4.73. The number of nitrogens with zero attached hydrogens (tertiary/aromatic N) is 2. The van der Waals surface area contributed by atoms with Crippen molar-refractivity contribution in [2.24, 2.45) is 5.84 Å². The van der Waals surface area contributed by atoms with Crippen LogP contribution < -0.4 is 21.9 Å². The highest BCUT2D eigenvalue weighted by atomic mass is 16.1. The summed E-state index contributed by atoms with van der Waals surface area (Å²) in [6.07, 6.45) is 3.15. The van der Waals surface area contributed by atoms with Crippen molar-refractivity contribution < 1.29 is 4.79 Å². The van der Waals surface area contributed by atoms with Crippen LogP contribution in [0.2, 0.25) is 0 Å². The summed E-state index contributed by atoms with van der Waals surface area (Å²) in [5, 5.41) is 6.24.